The number of ether oxygens (including phenoxy) is 2. The predicted molar refractivity (Wildman–Crippen MR) is 87.9 cm³/mol. The van der Waals surface area contributed by atoms with E-state index in [1.807, 2.05) is 56.3 Å². The van der Waals surface area contributed by atoms with E-state index in [4.69, 9.17) is 9.47 Å². The Morgan fingerprint density at radius 3 is 2.61 bits per heavy atom. The van der Waals surface area contributed by atoms with Crippen LogP contribution in [0.3, 0.4) is 0 Å². The van der Waals surface area contributed by atoms with Gasteiger partial charge in [0, 0.05) is 0 Å². The smallest absolute Gasteiger partial charge is 0.339 e. The molecule has 0 saturated heterocycles. The van der Waals surface area contributed by atoms with Crippen molar-refractivity contribution >= 4 is 12.0 Å². The molecule has 23 heavy (non-hydrogen) atoms. The number of rotatable bonds is 4. The molecule has 118 valence electrons. The van der Waals surface area contributed by atoms with E-state index in [0.29, 0.717) is 23.7 Å². The second-order valence-corrected chi connectivity index (χ2v) is 5.97. The van der Waals surface area contributed by atoms with E-state index in [0.717, 1.165) is 5.56 Å². The molecule has 1 aliphatic heterocycles. The van der Waals surface area contributed by atoms with Crippen LogP contribution >= 0.6 is 0 Å². The molecule has 0 unspecified atom stereocenters. The number of hydrogen-bond donors (Lipinski definition) is 1. The lowest BCUT2D eigenvalue weighted by Gasteiger charge is -2.29. The highest BCUT2D eigenvalue weighted by atomic mass is 16.5. The van der Waals surface area contributed by atoms with Gasteiger partial charge in [0.15, 0.2) is 0 Å². The first-order chi connectivity index (χ1) is 11.0. The van der Waals surface area contributed by atoms with Gasteiger partial charge >= 0.3 is 5.97 Å². The molecule has 1 N–H and O–H groups in total. The van der Waals surface area contributed by atoms with Crippen LogP contribution in [0.25, 0.3) is 6.08 Å². The molecule has 2 aromatic rings. The summed E-state index contributed by atoms with van der Waals surface area (Å²) in [5, 5.41) is 9.42. The van der Waals surface area contributed by atoms with Gasteiger partial charge in [-0.3, -0.25) is 0 Å². The monoisotopic (exact) mass is 310 g/mol. The van der Waals surface area contributed by atoms with Crippen LogP contribution in [-0.2, 0) is 6.61 Å². The van der Waals surface area contributed by atoms with Crippen LogP contribution in [0.15, 0.2) is 48.5 Å². The highest BCUT2D eigenvalue weighted by Gasteiger charge is 2.26. The lowest BCUT2D eigenvalue weighted by Crippen LogP contribution is -2.27. The molecule has 2 aromatic carbocycles. The zero-order chi connectivity index (χ0) is 16.4. The Balaban J connectivity index is 1.98. The summed E-state index contributed by atoms with van der Waals surface area (Å²) in [6.07, 6.45) is 3.77. The zero-order valence-corrected chi connectivity index (χ0v) is 13.1. The summed E-state index contributed by atoms with van der Waals surface area (Å²) >= 11 is 0. The fraction of sp³-hybridized carbons (Fsp3) is 0.211. The molecule has 0 radical (unpaired) electrons. The van der Waals surface area contributed by atoms with Crippen LogP contribution < -0.4 is 9.47 Å². The molecule has 1 aliphatic rings. The molecule has 0 spiro atoms. The Hall–Kier alpha value is -2.75. The first kappa shape index (κ1) is 15.2. The second kappa shape index (κ2) is 5.80. The second-order valence-electron chi connectivity index (χ2n) is 5.97. The van der Waals surface area contributed by atoms with Crippen molar-refractivity contribution in [3.05, 3.63) is 65.2 Å². The standard InChI is InChI=1S/C19H18O4/c1-19(2)11-10-14-16(23-19)9-8-15(18(20)21)17(14)22-12-13-6-4-3-5-7-13/h3-11H,12H2,1-2H3,(H,20,21). The maximum Gasteiger partial charge on any atom is 0.339 e. The van der Waals surface area contributed by atoms with E-state index >= 15 is 0 Å². The van der Waals surface area contributed by atoms with Crippen molar-refractivity contribution in [1.82, 2.24) is 0 Å². The summed E-state index contributed by atoms with van der Waals surface area (Å²) in [6, 6.07) is 12.8. The average Bonchev–Trinajstić information content (AvgIpc) is 2.52. The molecular weight excluding hydrogens is 292 g/mol. The maximum atomic E-state index is 11.5. The fourth-order valence-electron chi connectivity index (χ4n) is 2.48. The van der Waals surface area contributed by atoms with Gasteiger partial charge in [0.2, 0.25) is 0 Å². The van der Waals surface area contributed by atoms with Crippen molar-refractivity contribution < 1.29 is 19.4 Å². The normalized spacial score (nSPS) is 14.7. The quantitative estimate of drug-likeness (QED) is 0.921. The molecule has 3 rings (SSSR count). The van der Waals surface area contributed by atoms with Crippen LogP contribution in [0.1, 0.15) is 35.3 Å². The number of carboxylic acids is 1. The van der Waals surface area contributed by atoms with Crippen molar-refractivity contribution in [2.75, 3.05) is 0 Å². The molecule has 4 heteroatoms. The SMILES string of the molecule is CC1(C)C=Cc2c(ccc(C(=O)O)c2OCc2ccccc2)O1. The highest BCUT2D eigenvalue weighted by molar-refractivity contribution is 5.93. The van der Waals surface area contributed by atoms with E-state index in [2.05, 4.69) is 0 Å². The van der Waals surface area contributed by atoms with Crippen LogP contribution in [-0.4, -0.2) is 16.7 Å². The summed E-state index contributed by atoms with van der Waals surface area (Å²) in [5.74, 6) is -0.0507. The van der Waals surface area contributed by atoms with Crippen LogP contribution in [0.4, 0.5) is 0 Å². The summed E-state index contributed by atoms with van der Waals surface area (Å²) in [4.78, 5) is 11.5. The predicted octanol–water partition coefficient (Wildman–Crippen LogP) is 4.15. The summed E-state index contributed by atoms with van der Waals surface area (Å²) in [7, 11) is 0. The minimum absolute atomic E-state index is 0.132. The third-order valence-corrected chi connectivity index (χ3v) is 3.64. The number of hydrogen-bond acceptors (Lipinski definition) is 3. The van der Waals surface area contributed by atoms with Gasteiger partial charge in [0.25, 0.3) is 0 Å². The lowest BCUT2D eigenvalue weighted by molar-refractivity contribution is 0.0691. The molecule has 0 aliphatic carbocycles. The largest absolute Gasteiger partial charge is 0.487 e. The van der Waals surface area contributed by atoms with Gasteiger partial charge in [-0.2, -0.15) is 0 Å². The van der Waals surface area contributed by atoms with Crippen molar-refractivity contribution in [3.63, 3.8) is 0 Å². The summed E-state index contributed by atoms with van der Waals surface area (Å²) in [5.41, 5.74) is 1.35. The Bertz CT molecular complexity index is 760. The van der Waals surface area contributed by atoms with Crippen molar-refractivity contribution in [1.29, 1.82) is 0 Å². The molecular formula is C19H18O4. The first-order valence-corrected chi connectivity index (χ1v) is 7.41. The van der Waals surface area contributed by atoms with Crippen molar-refractivity contribution in [2.45, 2.75) is 26.1 Å². The number of carboxylic acid groups (broad SMARTS) is 1. The fourth-order valence-corrected chi connectivity index (χ4v) is 2.48. The minimum atomic E-state index is -1.02. The molecule has 0 bridgehead atoms. The Morgan fingerprint density at radius 2 is 1.91 bits per heavy atom. The average molecular weight is 310 g/mol. The van der Waals surface area contributed by atoms with Gasteiger partial charge in [-0.05, 0) is 43.7 Å². The summed E-state index contributed by atoms with van der Waals surface area (Å²) < 4.78 is 11.7. The zero-order valence-electron chi connectivity index (χ0n) is 13.1. The number of aromatic carboxylic acids is 1. The van der Waals surface area contributed by atoms with Gasteiger partial charge in [0.1, 0.15) is 29.3 Å². The highest BCUT2D eigenvalue weighted by Crippen LogP contribution is 2.39. The molecule has 0 amide bonds. The third kappa shape index (κ3) is 3.21. The third-order valence-electron chi connectivity index (χ3n) is 3.64. The van der Waals surface area contributed by atoms with Gasteiger partial charge in [-0.15, -0.1) is 0 Å². The molecule has 0 aromatic heterocycles. The molecule has 0 fully saturated rings. The van der Waals surface area contributed by atoms with Gasteiger partial charge < -0.3 is 14.6 Å². The number of fused-ring (bicyclic) bond motifs is 1. The van der Waals surface area contributed by atoms with Gasteiger partial charge in [-0.25, -0.2) is 4.79 Å². The van der Waals surface area contributed by atoms with E-state index in [1.54, 1.807) is 6.07 Å². The van der Waals surface area contributed by atoms with Gasteiger partial charge in [0.05, 0.1) is 5.56 Å². The van der Waals surface area contributed by atoms with Gasteiger partial charge in [-0.1, -0.05) is 30.3 Å². The number of benzene rings is 2. The lowest BCUT2D eigenvalue weighted by atomic mass is 9.99. The Morgan fingerprint density at radius 1 is 1.17 bits per heavy atom. The van der Waals surface area contributed by atoms with E-state index < -0.39 is 11.6 Å². The minimum Gasteiger partial charge on any atom is -0.487 e. The van der Waals surface area contributed by atoms with Crippen LogP contribution in [0.5, 0.6) is 11.5 Å². The van der Waals surface area contributed by atoms with E-state index in [1.165, 1.54) is 6.07 Å². The molecule has 0 saturated carbocycles. The molecule has 0 atom stereocenters. The van der Waals surface area contributed by atoms with E-state index in [-0.39, 0.29) is 5.56 Å². The van der Waals surface area contributed by atoms with Crippen LogP contribution in [0.2, 0.25) is 0 Å². The molecule has 1 heterocycles. The maximum absolute atomic E-state index is 11.5. The van der Waals surface area contributed by atoms with E-state index in [9.17, 15) is 9.90 Å². The molecule has 4 nitrogen and oxygen atoms in total. The van der Waals surface area contributed by atoms with Crippen molar-refractivity contribution in [2.24, 2.45) is 0 Å². The Labute approximate surface area is 135 Å². The first-order valence-electron chi connectivity index (χ1n) is 7.41. The summed E-state index contributed by atoms with van der Waals surface area (Å²) in [6.45, 7) is 4.19. The Kier molecular flexibility index (Phi) is 3.82. The number of carbonyl (C=O) groups is 1. The van der Waals surface area contributed by atoms with Crippen LogP contribution in [0, 0.1) is 0 Å². The van der Waals surface area contributed by atoms with Crippen molar-refractivity contribution in [3.8, 4) is 11.5 Å². The topological polar surface area (TPSA) is 55.8 Å².